The van der Waals surface area contributed by atoms with Gasteiger partial charge < -0.3 is 40.2 Å². The molecular formula is C20H30N4O8. The molecule has 32 heavy (non-hydrogen) atoms. The summed E-state index contributed by atoms with van der Waals surface area (Å²) in [7, 11) is 2.48. The van der Waals surface area contributed by atoms with Crippen molar-refractivity contribution in [2.75, 3.05) is 27.3 Å². The quantitative estimate of drug-likeness (QED) is 0.389. The minimum atomic E-state index is -0.633. The van der Waals surface area contributed by atoms with Crippen molar-refractivity contribution in [3.63, 3.8) is 0 Å². The molecule has 4 N–H and O–H groups in total. The molecule has 12 nitrogen and oxygen atoms in total. The van der Waals surface area contributed by atoms with Crippen molar-refractivity contribution in [1.82, 2.24) is 21.3 Å². The summed E-state index contributed by atoms with van der Waals surface area (Å²) in [6.07, 6.45) is -3.57. The molecule has 0 spiro atoms. The van der Waals surface area contributed by atoms with E-state index in [4.69, 9.17) is 9.47 Å². The van der Waals surface area contributed by atoms with E-state index < -0.39 is 36.6 Å². The lowest BCUT2D eigenvalue weighted by atomic mass is 10.1. The zero-order valence-corrected chi connectivity index (χ0v) is 18.6. The summed E-state index contributed by atoms with van der Waals surface area (Å²) in [6.45, 7) is 3.93. The molecule has 0 aliphatic rings. The van der Waals surface area contributed by atoms with Crippen molar-refractivity contribution in [1.29, 1.82) is 0 Å². The van der Waals surface area contributed by atoms with Gasteiger partial charge in [-0.15, -0.1) is 0 Å². The van der Waals surface area contributed by atoms with Crippen LogP contribution in [0.4, 0.5) is 19.2 Å². The van der Waals surface area contributed by atoms with Crippen molar-refractivity contribution >= 4 is 24.4 Å². The average Bonchev–Trinajstić information content (AvgIpc) is 2.78. The Kier molecular flexibility index (Phi) is 11.8. The van der Waals surface area contributed by atoms with Crippen molar-refractivity contribution < 1.29 is 38.1 Å². The first-order valence-electron chi connectivity index (χ1n) is 9.83. The molecular weight excluding hydrogens is 424 g/mol. The van der Waals surface area contributed by atoms with Crippen LogP contribution in [0.15, 0.2) is 24.3 Å². The summed E-state index contributed by atoms with van der Waals surface area (Å²) in [5.74, 6) is 0. The van der Waals surface area contributed by atoms with Crippen molar-refractivity contribution in [3.8, 4) is 0 Å². The number of hydrogen-bond acceptors (Lipinski definition) is 8. The first-order valence-corrected chi connectivity index (χ1v) is 9.83. The smallest absolute Gasteiger partial charge is 0.407 e. The van der Waals surface area contributed by atoms with E-state index in [0.29, 0.717) is 0 Å². The maximum atomic E-state index is 11.9. The molecule has 4 amide bonds. The highest BCUT2D eigenvalue weighted by molar-refractivity contribution is 5.69. The average molecular weight is 454 g/mol. The first-order chi connectivity index (χ1) is 15.2. The van der Waals surface area contributed by atoms with Crippen LogP contribution in [0.1, 0.15) is 25.0 Å². The predicted octanol–water partition coefficient (Wildman–Crippen LogP) is 1.63. The third-order valence-corrected chi connectivity index (χ3v) is 3.92. The number of alkyl carbamates (subject to hydrolysis) is 4. The summed E-state index contributed by atoms with van der Waals surface area (Å²) in [5, 5.41) is 10.1. The fourth-order valence-corrected chi connectivity index (χ4v) is 2.33. The fourth-order valence-electron chi connectivity index (χ4n) is 2.33. The summed E-state index contributed by atoms with van der Waals surface area (Å²) < 4.78 is 19.1. The second-order valence-electron chi connectivity index (χ2n) is 6.70. The molecule has 0 heterocycles. The largest absolute Gasteiger partial charge is 0.453 e. The third kappa shape index (κ3) is 11.5. The Balaban J connectivity index is 2.37. The highest BCUT2D eigenvalue weighted by Gasteiger charge is 2.12. The van der Waals surface area contributed by atoms with E-state index in [2.05, 4.69) is 30.7 Å². The monoisotopic (exact) mass is 454 g/mol. The minimum Gasteiger partial charge on any atom is -0.453 e. The van der Waals surface area contributed by atoms with Gasteiger partial charge in [0.15, 0.2) is 0 Å². The number of ether oxygens (including phenoxy) is 4. The summed E-state index contributed by atoms with van der Waals surface area (Å²) in [6, 6.07) is 7.22. The maximum Gasteiger partial charge on any atom is 0.407 e. The van der Waals surface area contributed by atoms with Gasteiger partial charge in [0.1, 0.15) is 12.2 Å². The lowest BCUT2D eigenvalue weighted by Crippen LogP contribution is -2.36. The number of nitrogens with one attached hydrogen (secondary N) is 4. The summed E-state index contributed by atoms with van der Waals surface area (Å²) >= 11 is 0. The minimum absolute atomic E-state index is 0.120. The molecule has 0 saturated carbocycles. The molecule has 0 fully saturated rings. The van der Waals surface area contributed by atoms with Crippen LogP contribution >= 0.6 is 0 Å². The van der Waals surface area contributed by atoms with E-state index >= 15 is 0 Å². The lowest BCUT2D eigenvalue weighted by Gasteiger charge is -2.15. The van der Waals surface area contributed by atoms with Crippen molar-refractivity contribution in [2.45, 2.75) is 39.1 Å². The van der Waals surface area contributed by atoms with E-state index in [1.165, 1.54) is 14.2 Å². The van der Waals surface area contributed by atoms with E-state index in [0.717, 1.165) is 11.1 Å². The molecule has 0 radical (unpaired) electrons. The number of rotatable bonds is 10. The van der Waals surface area contributed by atoms with Gasteiger partial charge in [0.2, 0.25) is 0 Å². The van der Waals surface area contributed by atoms with E-state index in [1.807, 2.05) is 18.2 Å². The van der Waals surface area contributed by atoms with Gasteiger partial charge >= 0.3 is 24.4 Å². The van der Waals surface area contributed by atoms with Crippen LogP contribution < -0.4 is 21.3 Å². The van der Waals surface area contributed by atoms with Gasteiger partial charge in [-0.25, -0.2) is 19.2 Å². The molecule has 0 saturated heterocycles. The van der Waals surface area contributed by atoms with Crippen LogP contribution in [0.2, 0.25) is 0 Å². The van der Waals surface area contributed by atoms with Crippen LogP contribution in [0.3, 0.4) is 0 Å². The topological polar surface area (TPSA) is 153 Å². The molecule has 1 aromatic carbocycles. The van der Waals surface area contributed by atoms with E-state index in [9.17, 15) is 19.2 Å². The Morgan fingerprint density at radius 3 is 1.50 bits per heavy atom. The van der Waals surface area contributed by atoms with Gasteiger partial charge in [-0.3, -0.25) is 0 Å². The van der Waals surface area contributed by atoms with Gasteiger partial charge in [0.25, 0.3) is 0 Å². The number of carbonyl (C=O) groups is 4. The lowest BCUT2D eigenvalue weighted by molar-refractivity contribution is 0.102. The Morgan fingerprint density at radius 2 is 1.12 bits per heavy atom. The highest BCUT2D eigenvalue weighted by atomic mass is 16.6. The molecule has 1 aromatic rings. The number of methoxy groups -OCH3 is 2. The molecule has 0 aliphatic carbocycles. The normalized spacial score (nSPS) is 11.9. The van der Waals surface area contributed by atoms with Crippen LogP contribution in [0, 0.1) is 0 Å². The molecule has 0 aliphatic heterocycles. The second kappa shape index (κ2) is 14.3. The zero-order valence-electron chi connectivity index (χ0n) is 18.6. The zero-order chi connectivity index (χ0) is 23.9. The molecule has 0 aromatic heterocycles. The second-order valence-corrected chi connectivity index (χ2v) is 6.70. The van der Waals surface area contributed by atoms with Crippen molar-refractivity contribution in [2.24, 2.45) is 0 Å². The maximum absolute atomic E-state index is 11.9. The standard InChI is InChI=1S/C20H30N4O8/c1-13(9-21-17(25)29-3)31-19(27)23-11-15-6-5-7-16(8-15)12-24-20(28)32-14(2)10-22-18(26)30-4/h5-8,13-14H,9-12H2,1-4H3,(H,21,25)(H,22,26)(H,23,27)(H,24,28). The Labute approximate surface area is 186 Å². The van der Waals surface area contributed by atoms with Crippen LogP contribution in [0.5, 0.6) is 0 Å². The molecule has 0 bridgehead atoms. The predicted molar refractivity (Wildman–Crippen MR) is 113 cm³/mol. The molecule has 1 rings (SSSR count). The van der Waals surface area contributed by atoms with Gasteiger partial charge in [0.05, 0.1) is 27.3 Å². The van der Waals surface area contributed by atoms with Gasteiger partial charge in [-0.2, -0.15) is 0 Å². The van der Waals surface area contributed by atoms with Gasteiger partial charge in [-0.1, -0.05) is 24.3 Å². The number of hydrogen-bond donors (Lipinski definition) is 4. The fraction of sp³-hybridized carbons (Fsp3) is 0.500. The van der Waals surface area contributed by atoms with E-state index in [1.54, 1.807) is 19.9 Å². The Morgan fingerprint density at radius 1 is 0.719 bits per heavy atom. The summed E-state index contributed by atoms with van der Waals surface area (Å²) in [4.78, 5) is 45.8. The highest BCUT2D eigenvalue weighted by Crippen LogP contribution is 2.06. The molecule has 2 unspecified atom stereocenters. The first kappa shape index (κ1) is 26.3. The summed E-state index contributed by atoms with van der Waals surface area (Å²) in [5.41, 5.74) is 1.59. The Bertz CT molecular complexity index is 714. The molecule has 12 heteroatoms. The van der Waals surface area contributed by atoms with Crippen molar-refractivity contribution in [3.05, 3.63) is 35.4 Å². The van der Waals surface area contributed by atoms with E-state index in [-0.39, 0.29) is 26.2 Å². The SMILES string of the molecule is COC(=O)NCC(C)OC(=O)NCc1cccc(CNC(=O)OC(C)CNC(=O)OC)c1. The van der Waals surface area contributed by atoms with Gasteiger partial charge in [0, 0.05) is 13.1 Å². The number of carbonyl (C=O) groups excluding carboxylic acids is 4. The number of amides is 4. The molecule has 2 atom stereocenters. The van der Waals surface area contributed by atoms with Crippen LogP contribution in [-0.2, 0) is 32.0 Å². The van der Waals surface area contributed by atoms with Gasteiger partial charge in [-0.05, 0) is 25.0 Å². The van der Waals surface area contributed by atoms with Crippen LogP contribution in [0.25, 0.3) is 0 Å². The molecule has 178 valence electrons. The number of benzene rings is 1. The Hall–Kier alpha value is -3.70. The third-order valence-electron chi connectivity index (χ3n) is 3.92. The van der Waals surface area contributed by atoms with Crippen LogP contribution in [-0.4, -0.2) is 63.9 Å².